The maximum Gasteiger partial charge on any atom is 0.243 e. The minimum Gasteiger partial charge on any atom is -0.497 e. The van der Waals surface area contributed by atoms with Crippen molar-refractivity contribution >= 4 is 21.8 Å². The van der Waals surface area contributed by atoms with Gasteiger partial charge in [-0.2, -0.15) is 4.31 Å². The van der Waals surface area contributed by atoms with Crippen molar-refractivity contribution in [2.75, 3.05) is 26.7 Å². The van der Waals surface area contributed by atoms with Crippen molar-refractivity contribution in [3.63, 3.8) is 0 Å². The fourth-order valence-electron chi connectivity index (χ4n) is 4.87. The van der Waals surface area contributed by atoms with E-state index in [1.807, 2.05) is 12.1 Å². The first-order valence-corrected chi connectivity index (χ1v) is 13.6. The summed E-state index contributed by atoms with van der Waals surface area (Å²) in [6, 6.07) is 14.5. The third kappa shape index (κ3) is 6.02. The number of nitrogens with one attached hydrogen (secondary N) is 2. The van der Waals surface area contributed by atoms with E-state index in [9.17, 15) is 18.0 Å². The second-order valence-corrected chi connectivity index (χ2v) is 11.0. The van der Waals surface area contributed by atoms with Crippen LogP contribution in [-0.2, 0) is 26.0 Å². The van der Waals surface area contributed by atoms with E-state index in [-0.39, 0.29) is 54.7 Å². The number of sulfonamides is 1. The van der Waals surface area contributed by atoms with E-state index in [4.69, 9.17) is 4.74 Å². The summed E-state index contributed by atoms with van der Waals surface area (Å²) >= 11 is 0. The summed E-state index contributed by atoms with van der Waals surface area (Å²) < 4.78 is 32.3. The quantitative estimate of drug-likeness (QED) is 0.581. The lowest BCUT2D eigenvalue weighted by Gasteiger charge is -2.30. The van der Waals surface area contributed by atoms with Gasteiger partial charge in [0.25, 0.3) is 0 Å². The van der Waals surface area contributed by atoms with E-state index >= 15 is 0 Å². The molecule has 1 saturated heterocycles. The molecule has 2 amide bonds. The molecular weight excluding hydrogens is 466 g/mol. The molecule has 2 aromatic rings. The van der Waals surface area contributed by atoms with Gasteiger partial charge >= 0.3 is 0 Å². The summed E-state index contributed by atoms with van der Waals surface area (Å²) in [7, 11) is -2.08. The molecule has 2 aliphatic rings. The molecule has 188 valence electrons. The number of fused-ring (bicyclic) bond motifs is 1. The highest BCUT2D eigenvalue weighted by atomic mass is 32.2. The number of aryl methyl sites for hydroxylation is 1. The number of hydrogen-bond donors (Lipinski definition) is 2. The first-order valence-electron chi connectivity index (χ1n) is 12.2. The number of carbonyl (C=O) groups excluding carboxylic acids is 2. The van der Waals surface area contributed by atoms with Gasteiger partial charge in [-0.1, -0.05) is 24.3 Å². The molecule has 35 heavy (non-hydrogen) atoms. The van der Waals surface area contributed by atoms with Crippen molar-refractivity contribution in [1.29, 1.82) is 0 Å². The zero-order valence-corrected chi connectivity index (χ0v) is 20.9. The fraction of sp³-hybridized carbons (Fsp3) is 0.462. The average molecular weight is 500 g/mol. The van der Waals surface area contributed by atoms with Crippen LogP contribution in [0.2, 0.25) is 0 Å². The number of rotatable bonds is 8. The maximum absolute atomic E-state index is 12.9. The van der Waals surface area contributed by atoms with Gasteiger partial charge in [-0.15, -0.1) is 0 Å². The molecule has 0 aromatic heterocycles. The lowest BCUT2D eigenvalue weighted by atomic mass is 9.87. The number of hydrogen-bond acceptors (Lipinski definition) is 5. The summed E-state index contributed by atoms with van der Waals surface area (Å²) in [4.78, 5) is 25.3. The second kappa shape index (κ2) is 11.2. The monoisotopic (exact) mass is 499 g/mol. The maximum atomic E-state index is 12.9. The Morgan fingerprint density at radius 1 is 1.03 bits per heavy atom. The summed E-state index contributed by atoms with van der Waals surface area (Å²) in [5.41, 5.74) is 2.48. The minimum atomic E-state index is -3.61. The van der Waals surface area contributed by atoms with Gasteiger partial charge in [-0.25, -0.2) is 8.42 Å². The molecule has 2 N–H and O–H groups in total. The Balaban J connectivity index is 1.20. The summed E-state index contributed by atoms with van der Waals surface area (Å²) in [6.45, 7) is 0.839. The van der Waals surface area contributed by atoms with Gasteiger partial charge in [0, 0.05) is 32.0 Å². The van der Waals surface area contributed by atoms with Crippen LogP contribution in [0.25, 0.3) is 0 Å². The van der Waals surface area contributed by atoms with Crippen molar-refractivity contribution in [2.24, 2.45) is 5.92 Å². The Morgan fingerprint density at radius 2 is 1.74 bits per heavy atom. The van der Waals surface area contributed by atoms with E-state index in [1.54, 1.807) is 12.1 Å². The highest BCUT2D eigenvalue weighted by molar-refractivity contribution is 7.89. The predicted octanol–water partition coefficient (Wildman–Crippen LogP) is 2.80. The molecule has 0 saturated carbocycles. The summed E-state index contributed by atoms with van der Waals surface area (Å²) in [6.07, 6.45) is 4.13. The predicted molar refractivity (Wildman–Crippen MR) is 132 cm³/mol. The lowest BCUT2D eigenvalue weighted by Crippen LogP contribution is -2.43. The van der Waals surface area contributed by atoms with Crippen LogP contribution in [-0.4, -0.2) is 51.3 Å². The number of carbonyl (C=O) groups is 2. The van der Waals surface area contributed by atoms with Gasteiger partial charge in [0.15, 0.2) is 0 Å². The highest BCUT2D eigenvalue weighted by Gasteiger charge is 2.32. The molecule has 8 nitrogen and oxygen atoms in total. The molecule has 4 rings (SSSR count). The SMILES string of the molecule is COc1ccc(S(=O)(=O)N2CCC(C(=O)NCCC(=O)N[C@H]3CCCc4ccccc43)CC2)cc1. The molecule has 1 aliphatic carbocycles. The van der Waals surface area contributed by atoms with E-state index in [0.29, 0.717) is 18.6 Å². The van der Waals surface area contributed by atoms with Crippen LogP contribution >= 0.6 is 0 Å². The van der Waals surface area contributed by atoms with Gasteiger partial charge in [0.05, 0.1) is 18.0 Å². The Morgan fingerprint density at radius 3 is 2.46 bits per heavy atom. The van der Waals surface area contributed by atoms with E-state index in [2.05, 4.69) is 22.8 Å². The fourth-order valence-corrected chi connectivity index (χ4v) is 6.34. The number of nitrogens with zero attached hydrogens (tertiary/aromatic N) is 1. The Kier molecular flexibility index (Phi) is 8.07. The van der Waals surface area contributed by atoms with E-state index in [1.165, 1.54) is 34.7 Å². The van der Waals surface area contributed by atoms with Crippen molar-refractivity contribution < 1.29 is 22.7 Å². The molecular formula is C26H33N3O5S. The smallest absolute Gasteiger partial charge is 0.243 e. The third-order valence-corrected chi connectivity index (χ3v) is 8.79. The molecule has 9 heteroatoms. The van der Waals surface area contributed by atoms with Crippen LogP contribution in [0.3, 0.4) is 0 Å². The number of amides is 2. The molecule has 0 bridgehead atoms. The number of methoxy groups -OCH3 is 1. The van der Waals surface area contributed by atoms with Gasteiger partial charge < -0.3 is 15.4 Å². The zero-order chi connectivity index (χ0) is 24.8. The standard InChI is InChI=1S/C26H33N3O5S/c1-34-21-9-11-22(12-10-21)35(32,33)29-17-14-20(15-18-29)26(31)27-16-13-25(30)28-24-8-4-6-19-5-2-3-7-23(19)24/h2-3,5,7,9-12,20,24H,4,6,8,13-18H2,1H3,(H,27,31)(H,28,30)/t24-/m0/s1. The first kappa shape index (κ1) is 25.2. The average Bonchev–Trinajstić information content (AvgIpc) is 2.89. The van der Waals surface area contributed by atoms with Crippen LogP contribution < -0.4 is 15.4 Å². The Bertz CT molecular complexity index is 1140. The van der Waals surface area contributed by atoms with E-state index < -0.39 is 10.0 Å². The first-order chi connectivity index (χ1) is 16.9. The van der Waals surface area contributed by atoms with Crippen molar-refractivity contribution in [1.82, 2.24) is 14.9 Å². The van der Waals surface area contributed by atoms with Gasteiger partial charge in [0.1, 0.15) is 5.75 Å². The highest BCUT2D eigenvalue weighted by Crippen LogP contribution is 2.29. The topological polar surface area (TPSA) is 105 Å². The van der Waals surface area contributed by atoms with Crippen LogP contribution in [0.5, 0.6) is 5.75 Å². The third-order valence-electron chi connectivity index (χ3n) is 6.88. The number of piperidine rings is 1. The van der Waals surface area contributed by atoms with Crippen molar-refractivity contribution in [3.05, 3.63) is 59.7 Å². The largest absolute Gasteiger partial charge is 0.497 e. The molecule has 0 radical (unpaired) electrons. The summed E-state index contributed by atoms with van der Waals surface area (Å²) in [5, 5.41) is 5.96. The van der Waals surface area contributed by atoms with Gasteiger partial charge in [-0.3, -0.25) is 9.59 Å². The molecule has 0 unspecified atom stereocenters. The molecule has 2 aromatic carbocycles. The van der Waals surface area contributed by atoms with Crippen LogP contribution in [0.15, 0.2) is 53.4 Å². The van der Waals surface area contributed by atoms with Crippen LogP contribution in [0.4, 0.5) is 0 Å². The normalized spacial score (nSPS) is 18.9. The second-order valence-electron chi connectivity index (χ2n) is 9.11. The summed E-state index contributed by atoms with van der Waals surface area (Å²) in [5.74, 6) is 0.136. The van der Waals surface area contributed by atoms with Gasteiger partial charge in [-0.05, 0) is 67.5 Å². The van der Waals surface area contributed by atoms with Crippen molar-refractivity contribution in [2.45, 2.75) is 49.5 Å². The molecule has 1 fully saturated rings. The lowest BCUT2D eigenvalue weighted by molar-refractivity contribution is -0.126. The molecule has 1 atom stereocenters. The Labute approximate surface area is 207 Å². The zero-order valence-electron chi connectivity index (χ0n) is 20.0. The number of benzene rings is 2. The van der Waals surface area contributed by atoms with Crippen molar-refractivity contribution in [3.8, 4) is 5.75 Å². The minimum absolute atomic E-state index is 0.0279. The van der Waals surface area contributed by atoms with Crippen LogP contribution in [0, 0.1) is 5.92 Å². The molecule has 0 spiro atoms. The molecule has 1 aliphatic heterocycles. The van der Waals surface area contributed by atoms with E-state index in [0.717, 1.165) is 19.3 Å². The Hall–Kier alpha value is -2.91. The van der Waals surface area contributed by atoms with Gasteiger partial charge in [0.2, 0.25) is 21.8 Å². The van der Waals surface area contributed by atoms with Crippen LogP contribution in [0.1, 0.15) is 49.3 Å². The number of ether oxygens (including phenoxy) is 1. The molecule has 1 heterocycles.